The van der Waals surface area contributed by atoms with Gasteiger partial charge in [0.15, 0.2) is 0 Å². The van der Waals surface area contributed by atoms with E-state index in [9.17, 15) is 5.11 Å². The molecule has 1 heterocycles. The number of anilines is 1. The Morgan fingerprint density at radius 3 is 2.71 bits per heavy atom. The van der Waals surface area contributed by atoms with Crippen LogP contribution in [-0.2, 0) is 0 Å². The molecular formula is C18H16BrNO. The van der Waals surface area contributed by atoms with Crippen molar-refractivity contribution >= 4 is 21.6 Å². The number of nitrogens with one attached hydrogen (secondary N) is 1. The lowest BCUT2D eigenvalue weighted by molar-refractivity contribution is 0.424. The maximum atomic E-state index is 9.50. The van der Waals surface area contributed by atoms with E-state index >= 15 is 0 Å². The fourth-order valence-corrected chi connectivity index (χ4v) is 4.09. The van der Waals surface area contributed by atoms with Crippen molar-refractivity contribution in [1.29, 1.82) is 0 Å². The van der Waals surface area contributed by atoms with Crippen LogP contribution in [0.1, 0.15) is 29.5 Å². The van der Waals surface area contributed by atoms with Gasteiger partial charge >= 0.3 is 0 Å². The summed E-state index contributed by atoms with van der Waals surface area (Å²) in [5.41, 5.74) is 3.80. The van der Waals surface area contributed by atoms with Gasteiger partial charge in [-0.15, -0.1) is 0 Å². The molecule has 1 aliphatic carbocycles. The van der Waals surface area contributed by atoms with Crippen molar-refractivity contribution in [2.75, 3.05) is 5.32 Å². The van der Waals surface area contributed by atoms with Gasteiger partial charge in [0.2, 0.25) is 0 Å². The van der Waals surface area contributed by atoms with Crippen LogP contribution < -0.4 is 5.32 Å². The summed E-state index contributed by atoms with van der Waals surface area (Å²) < 4.78 is 1.11. The number of aromatic hydroxyl groups is 1. The van der Waals surface area contributed by atoms with E-state index in [1.165, 1.54) is 16.8 Å². The molecule has 0 spiro atoms. The van der Waals surface area contributed by atoms with Gasteiger partial charge in [0.1, 0.15) is 5.75 Å². The van der Waals surface area contributed by atoms with Crippen LogP contribution in [-0.4, -0.2) is 5.11 Å². The van der Waals surface area contributed by atoms with E-state index in [4.69, 9.17) is 0 Å². The summed E-state index contributed by atoms with van der Waals surface area (Å²) >= 11 is 3.66. The molecule has 21 heavy (non-hydrogen) atoms. The highest BCUT2D eigenvalue weighted by Gasteiger charge is 2.38. The number of benzene rings is 2. The number of hydrogen-bond acceptors (Lipinski definition) is 2. The second kappa shape index (κ2) is 4.92. The van der Waals surface area contributed by atoms with Crippen LogP contribution in [0.2, 0.25) is 0 Å². The molecule has 4 rings (SSSR count). The Hall–Kier alpha value is -1.74. The Balaban J connectivity index is 1.81. The second-order valence-electron chi connectivity index (χ2n) is 5.77. The van der Waals surface area contributed by atoms with Gasteiger partial charge in [0.25, 0.3) is 0 Å². The number of halogens is 1. The average Bonchev–Trinajstić information content (AvgIpc) is 2.98. The normalized spacial score (nSPS) is 26.0. The zero-order valence-corrected chi connectivity index (χ0v) is 13.0. The lowest BCUT2D eigenvalue weighted by Crippen LogP contribution is -2.29. The van der Waals surface area contributed by atoms with Crippen molar-refractivity contribution in [2.24, 2.45) is 5.92 Å². The third kappa shape index (κ3) is 2.07. The smallest absolute Gasteiger partial charge is 0.115 e. The molecule has 0 saturated heterocycles. The zero-order valence-electron chi connectivity index (χ0n) is 11.5. The number of rotatable bonds is 1. The number of hydrogen-bond donors (Lipinski definition) is 2. The monoisotopic (exact) mass is 341 g/mol. The topological polar surface area (TPSA) is 32.3 Å². The molecule has 2 aromatic carbocycles. The maximum Gasteiger partial charge on any atom is 0.115 e. The minimum absolute atomic E-state index is 0.275. The maximum absolute atomic E-state index is 9.50. The number of phenolic OH excluding ortho intramolecular Hbond substituents is 1. The van der Waals surface area contributed by atoms with Crippen LogP contribution in [0.15, 0.2) is 59.1 Å². The quantitative estimate of drug-likeness (QED) is 0.717. The summed E-state index contributed by atoms with van der Waals surface area (Å²) in [6.45, 7) is 0. The highest BCUT2D eigenvalue weighted by Crippen LogP contribution is 2.51. The molecule has 0 aromatic heterocycles. The predicted octanol–water partition coefficient (Wildman–Crippen LogP) is 4.98. The molecule has 106 valence electrons. The molecule has 3 unspecified atom stereocenters. The first kappa shape index (κ1) is 13.0. The fourth-order valence-electron chi connectivity index (χ4n) is 3.59. The molecule has 0 fully saturated rings. The van der Waals surface area contributed by atoms with Gasteiger partial charge in [-0.25, -0.2) is 0 Å². The standard InChI is InChI=1S/C18H16BrNO/c19-16-6-2-5-15-13-3-1-4-14(13)17(20-18(15)16)11-7-9-12(21)10-8-11/h1-3,5-10,13-14,17,20-21H,4H2. The van der Waals surface area contributed by atoms with Crippen LogP contribution in [0.4, 0.5) is 5.69 Å². The zero-order chi connectivity index (χ0) is 14.4. The first-order valence-electron chi connectivity index (χ1n) is 7.24. The molecule has 1 aliphatic heterocycles. The summed E-state index contributed by atoms with van der Waals surface area (Å²) in [5, 5.41) is 13.2. The summed E-state index contributed by atoms with van der Waals surface area (Å²) in [6.07, 6.45) is 5.72. The average molecular weight is 342 g/mol. The highest BCUT2D eigenvalue weighted by atomic mass is 79.9. The molecule has 2 N–H and O–H groups in total. The minimum atomic E-state index is 0.275. The van der Waals surface area contributed by atoms with E-state index in [1.54, 1.807) is 12.1 Å². The summed E-state index contributed by atoms with van der Waals surface area (Å²) in [5.74, 6) is 1.33. The summed E-state index contributed by atoms with van der Waals surface area (Å²) in [6, 6.07) is 14.3. The van der Waals surface area contributed by atoms with Crippen molar-refractivity contribution in [2.45, 2.75) is 18.4 Å². The second-order valence-corrected chi connectivity index (χ2v) is 6.63. The van der Waals surface area contributed by atoms with Crippen molar-refractivity contribution < 1.29 is 5.11 Å². The third-order valence-corrected chi connectivity index (χ3v) is 5.26. The minimum Gasteiger partial charge on any atom is -0.508 e. The number of fused-ring (bicyclic) bond motifs is 3. The Morgan fingerprint density at radius 2 is 1.90 bits per heavy atom. The number of para-hydroxylation sites is 1. The number of phenols is 1. The SMILES string of the molecule is Oc1ccc(C2Nc3c(Br)cccc3C3C=CCC32)cc1. The van der Waals surface area contributed by atoms with Crippen molar-refractivity contribution in [3.05, 3.63) is 70.2 Å². The Kier molecular flexibility index (Phi) is 3.03. The Labute approximate surface area is 132 Å². The first-order valence-corrected chi connectivity index (χ1v) is 8.04. The number of allylic oxidation sites excluding steroid dienone is 2. The van der Waals surface area contributed by atoms with Crippen LogP contribution in [0.25, 0.3) is 0 Å². The molecule has 0 bridgehead atoms. The molecule has 2 aromatic rings. The van der Waals surface area contributed by atoms with Gasteiger partial charge in [-0.05, 0) is 57.6 Å². The van der Waals surface area contributed by atoms with Gasteiger partial charge in [-0.3, -0.25) is 0 Å². The lowest BCUT2D eigenvalue weighted by Gasteiger charge is -2.38. The van der Waals surface area contributed by atoms with E-state index in [-0.39, 0.29) is 6.04 Å². The molecule has 0 amide bonds. The van der Waals surface area contributed by atoms with Crippen LogP contribution in [0.5, 0.6) is 5.75 Å². The highest BCUT2D eigenvalue weighted by molar-refractivity contribution is 9.10. The predicted molar refractivity (Wildman–Crippen MR) is 88.6 cm³/mol. The Bertz CT molecular complexity index is 708. The molecule has 0 radical (unpaired) electrons. The van der Waals surface area contributed by atoms with E-state index in [2.05, 4.69) is 51.6 Å². The van der Waals surface area contributed by atoms with Crippen LogP contribution >= 0.6 is 15.9 Å². The molecule has 3 atom stereocenters. The first-order chi connectivity index (χ1) is 10.2. The van der Waals surface area contributed by atoms with E-state index in [0.717, 1.165) is 10.9 Å². The molecule has 2 aliphatic rings. The molecule has 2 nitrogen and oxygen atoms in total. The van der Waals surface area contributed by atoms with Gasteiger partial charge in [-0.1, -0.05) is 36.4 Å². The molecule has 3 heteroatoms. The van der Waals surface area contributed by atoms with E-state index in [0.29, 0.717) is 17.6 Å². The van der Waals surface area contributed by atoms with Crippen molar-refractivity contribution in [3.63, 3.8) is 0 Å². The molecular weight excluding hydrogens is 326 g/mol. The van der Waals surface area contributed by atoms with Crippen molar-refractivity contribution in [3.8, 4) is 5.75 Å². The van der Waals surface area contributed by atoms with E-state index < -0.39 is 0 Å². The van der Waals surface area contributed by atoms with Gasteiger partial charge in [-0.2, -0.15) is 0 Å². The van der Waals surface area contributed by atoms with Gasteiger partial charge in [0, 0.05) is 10.4 Å². The van der Waals surface area contributed by atoms with Crippen LogP contribution in [0, 0.1) is 5.92 Å². The van der Waals surface area contributed by atoms with Gasteiger partial charge < -0.3 is 10.4 Å². The summed E-state index contributed by atoms with van der Waals surface area (Å²) in [7, 11) is 0. The largest absolute Gasteiger partial charge is 0.508 e. The third-order valence-electron chi connectivity index (χ3n) is 4.60. The fraction of sp³-hybridized carbons (Fsp3) is 0.222. The molecule has 0 saturated carbocycles. The Morgan fingerprint density at radius 1 is 1.10 bits per heavy atom. The summed E-state index contributed by atoms with van der Waals surface area (Å²) in [4.78, 5) is 0. The van der Waals surface area contributed by atoms with Crippen LogP contribution in [0.3, 0.4) is 0 Å². The van der Waals surface area contributed by atoms with Gasteiger partial charge in [0.05, 0.1) is 11.7 Å². The van der Waals surface area contributed by atoms with E-state index in [1.807, 2.05) is 12.1 Å². The lowest BCUT2D eigenvalue weighted by atomic mass is 9.77. The van der Waals surface area contributed by atoms with Crippen molar-refractivity contribution in [1.82, 2.24) is 0 Å².